The van der Waals surface area contributed by atoms with Gasteiger partial charge in [0.25, 0.3) is 5.91 Å². The van der Waals surface area contributed by atoms with Gasteiger partial charge >= 0.3 is 0 Å². The van der Waals surface area contributed by atoms with Crippen molar-refractivity contribution in [3.05, 3.63) is 33.5 Å². The number of hydroxylamine groups is 1. The Labute approximate surface area is 200 Å². The summed E-state index contributed by atoms with van der Waals surface area (Å²) < 4.78 is 22.0. The van der Waals surface area contributed by atoms with Crippen LogP contribution in [0.2, 0.25) is 0 Å². The van der Waals surface area contributed by atoms with E-state index >= 15 is 4.39 Å². The van der Waals surface area contributed by atoms with Crippen LogP contribution in [0.25, 0.3) is 5.70 Å². The van der Waals surface area contributed by atoms with Crippen LogP contribution in [0.3, 0.4) is 0 Å². The molecule has 3 aliphatic rings. The molecule has 1 amide bonds. The molecule has 0 saturated carbocycles. The van der Waals surface area contributed by atoms with Gasteiger partial charge < -0.3 is 15.4 Å². The van der Waals surface area contributed by atoms with Crippen molar-refractivity contribution >= 4 is 39.4 Å². The first-order valence-electron chi connectivity index (χ1n) is 11.1. The Balaban J connectivity index is 1.19. The summed E-state index contributed by atoms with van der Waals surface area (Å²) in [5, 5.41) is 4.45. The average molecular weight is 494 g/mol. The number of carbonyl (C=O) groups excluding carboxylic acids is 1. The number of piperidine rings is 2. The highest BCUT2D eigenvalue weighted by atomic mass is 32.1. The van der Waals surface area contributed by atoms with Gasteiger partial charge in [0.15, 0.2) is 10.8 Å². The van der Waals surface area contributed by atoms with Crippen LogP contribution in [-0.2, 0) is 16.2 Å². The number of rotatable bonds is 5. The van der Waals surface area contributed by atoms with E-state index in [0.717, 1.165) is 22.0 Å². The van der Waals surface area contributed by atoms with Crippen LogP contribution in [0.4, 0.5) is 9.52 Å². The number of hydrogen-bond acceptors (Lipinski definition) is 9. The van der Waals surface area contributed by atoms with E-state index < -0.39 is 11.3 Å². The molecule has 0 aliphatic carbocycles. The number of carbonyl (C=O) groups is 1. The molecule has 178 valence electrons. The third-order valence-electron chi connectivity index (χ3n) is 6.69. The first-order valence-corrected chi connectivity index (χ1v) is 12.8. The number of ether oxygens (including phenoxy) is 1. The number of likely N-dealkylation sites (tertiary alicyclic amines) is 2. The maximum Gasteiger partial charge on any atom is 0.260 e. The number of amides is 1. The van der Waals surface area contributed by atoms with E-state index in [4.69, 9.17) is 15.3 Å². The van der Waals surface area contributed by atoms with Crippen molar-refractivity contribution < 1.29 is 18.8 Å². The Bertz CT molecular complexity index is 1040. The van der Waals surface area contributed by atoms with Crippen LogP contribution in [-0.4, -0.2) is 65.2 Å². The van der Waals surface area contributed by atoms with E-state index in [2.05, 4.69) is 15.4 Å². The van der Waals surface area contributed by atoms with Crippen molar-refractivity contribution in [2.24, 2.45) is 0 Å². The molecule has 2 aromatic rings. The maximum atomic E-state index is 15.7. The van der Waals surface area contributed by atoms with Gasteiger partial charge in [-0.1, -0.05) is 0 Å². The lowest BCUT2D eigenvalue weighted by atomic mass is 9.86. The van der Waals surface area contributed by atoms with Gasteiger partial charge in [-0.3, -0.25) is 20.0 Å². The van der Waals surface area contributed by atoms with Crippen LogP contribution < -0.4 is 16.0 Å². The summed E-state index contributed by atoms with van der Waals surface area (Å²) in [6, 6.07) is 1.95. The minimum absolute atomic E-state index is 0.198. The number of halogens is 1. The molecule has 3 N–H and O–H groups in total. The quantitative estimate of drug-likeness (QED) is 0.619. The lowest BCUT2D eigenvalue weighted by Gasteiger charge is -2.44. The molecule has 33 heavy (non-hydrogen) atoms. The molecule has 2 aromatic heterocycles. The van der Waals surface area contributed by atoms with Crippen LogP contribution in [0.15, 0.2) is 22.9 Å². The summed E-state index contributed by atoms with van der Waals surface area (Å²) >= 11 is 2.99. The number of nitrogen functional groups attached to an aromatic ring is 1. The van der Waals surface area contributed by atoms with Gasteiger partial charge in [-0.05, 0) is 17.5 Å². The SMILES string of the molecule is CONC1=CC2(CCN(C(=O)C3(F)CCN(Cc4csc(N)n4)CC3)CC2)Oc2ccsc21. The first-order chi connectivity index (χ1) is 15.9. The summed E-state index contributed by atoms with van der Waals surface area (Å²) in [4.78, 5) is 27.4. The lowest BCUT2D eigenvalue weighted by Crippen LogP contribution is -2.56. The molecule has 0 bridgehead atoms. The highest BCUT2D eigenvalue weighted by molar-refractivity contribution is 7.13. The lowest BCUT2D eigenvalue weighted by molar-refractivity contribution is -0.150. The van der Waals surface area contributed by atoms with Crippen LogP contribution in [0.1, 0.15) is 36.3 Å². The molecule has 0 atom stereocenters. The Kier molecular flexibility index (Phi) is 6.06. The van der Waals surface area contributed by atoms with Gasteiger partial charge in [0.2, 0.25) is 0 Å². The number of nitrogens with one attached hydrogen (secondary N) is 1. The zero-order valence-corrected chi connectivity index (χ0v) is 20.1. The average Bonchev–Trinajstić information content (AvgIpc) is 3.44. The molecule has 0 aromatic carbocycles. The highest BCUT2D eigenvalue weighted by Gasteiger charge is 2.47. The predicted molar refractivity (Wildman–Crippen MR) is 126 cm³/mol. The number of nitrogens with two attached hydrogens (primary N) is 1. The first kappa shape index (κ1) is 22.6. The fourth-order valence-electron chi connectivity index (χ4n) is 4.86. The van der Waals surface area contributed by atoms with Crippen molar-refractivity contribution in [1.82, 2.24) is 20.3 Å². The Morgan fingerprint density at radius 2 is 2.03 bits per heavy atom. The van der Waals surface area contributed by atoms with Crippen LogP contribution >= 0.6 is 22.7 Å². The van der Waals surface area contributed by atoms with Gasteiger partial charge in [0.1, 0.15) is 11.4 Å². The van der Waals surface area contributed by atoms with Crippen molar-refractivity contribution in [2.45, 2.75) is 43.5 Å². The highest BCUT2D eigenvalue weighted by Crippen LogP contribution is 2.43. The number of fused-ring (bicyclic) bond motifs is 1. The van der Waals surface area contributed by atoms with E-state index in [0.29, 0.717) is 50.7 Å². The maximum absolute atomic E-state index is 15.7. The van der Waals surface area contributed by atoms with Gasteiger partial charge in [0.05, 0.1) is 23.4 Å². The van der Waals surface area contributed by atoms with Crippen molar-refractivity contribution in [3.63, 3.8) is 0 Å². The third kappa shape index (κ3) is 4.46. The molecular weight excluding hydrogens is 465 g/mol. The second-order valence-electron chi connectivity index (χ2n) is 8.86. The number of nitrogens with zero attached hydrogens (tertiary/aromatic N) is 3. The summed E-state index contributed by atoms with van der Waals surface area (Å²) in [5.74, 6) is 0.430. The molecule has 1 spiro atoms. The van der Waals surface area contributed by atoms with Gasteiger partial charge in [-0.15, -0.1) is 22.7 Å². The molecule has 5 heterocycles. The second kappa shape index (κ2) is 8.86. The van der Waals surface area contributed by atoms with Crippen molar-refractivity contribution in [2.75, 3.05) is 39.0 Å². The van der Waals surface area contributed by atoms with Gasteiger partial charge in [-0.25, -0.2) is 9.37 Å². The minimum Gasteiger partial charge on any atom is -0.481 e. The van der Waals surface area contributed by atoms with Gasteiger partial charge in [-0.2, -0.15) is 0 Å². The number of aromatic nitrogens is 1. The van der Waals surface area contributed by atoms with E-state index in [1.807, 2.05) is 22.9 Å². The Hall–Kier alpha value is -2.21. The van der Waals surface area contributed by atoms with Crippen LogP contribution in [0.5, 0.6) is 5.75 Å². The molecule has 11 heteroatoms. The van der Waals surface area contributed by atoms with Crippen LogP contribution in [0, 0.1) is 0 Å². The third-order valence-corrected chi connectivity index (χ3v) is 8.34. The fraction of sp³-hybridized carbons (Fsp3) is 0.545. The van der Waals surface area contributed by atoms with E-state index in [1.165, 1.54) is 11.3 Å². The monoisotopic (exact) mass is 493 g/mol. The Morgan fingerprint density at radius 1 is 1.27 bits per heavy atom. The van der Waals surface area contributed by atoms with E-state index in [9.17, 15) is 4.79 Å². The summed E-state index contributed by atoms with van der Waals surface area (Å²) in [6.07, 6.45) is 3.66. The number of thiazole rings is 1. The Morgan fingerprint density at radius 3 is 2.70 bits per heavy atom. The predicted octanol–water partition coefficient (Wildman–Crippen LogP) is 3.04. The summed E-state index contributed by atoms with van der Waals surface area (Å²) in [5.41, 5.74) is 8.09. The van der Waals surface area contributed by atoms with Crippen molar-refractivity contribution in [1.29, 1.82) is 0 Å². The largest absolute Gasteiger partial charge is 0.481 e. The molecule has 8 nitrogen and oxygen atoms in total. The molecular formula is C22H28FN5O3S2. The summed E-state index contributed by atoms with van der Waals surface area (Å²) in [6.45, 7) is 2.61. The standard InChI is InChI=1S/C22H28FN5O3S2/c1-30-26-16-12-21(31-17-2-11-32-18(16)17)3-9-28(10-4-21)19(29)22(23)5-7-27(8-6-22)13-15-14-33-20(24)25-15/h2,11-12,14,26H,3-10,13H2,1H3,(H2,24,25). The van der Waals surface area contributed by atoms with E-state index in [-0.39, 0.29) is 18.7 Å². The molecule has 2 saturated heterocycles. The van der Waals surface area contributed by atoms with E-state index in [1.54, 1.807) is 23.3 Å². The minimum atomic E-state index is -1.81. The number of anilines is 1. The number of alkyl halides is 1. The molecule has 2 fully saturated rings. The number of thiophene rings is 1. The van der Waals surface area contributed by atoms with Crippen molar-refractivity contribution in [3.8, 4) is 5.75 Å². The summed E-state index contributed by atoms with van der Waals surface area (Å²) in [7, 11) is 1.58. The second-order valence-corrected chi connectivity index (χ2v) is 10.7. The molecule has 3 aliphatic heterocycles. The normalized spacial score (nSPS) is 21.9. The fourth-order valence-corrected chi connectivity index (χ4v) is 6.19. The number of hydrogen-bond donors (Lipinski definition) is 2. The van der Waals surface area contributed by atoms with Gasteiger partial charge in [0, 0.05) is 63.8 Å². The topological polar surface area (TPSA) is 93.0 Å². The molecule has 5 rings (SSSR count). The zero-order chi connectivity index (χ0) is 23.1. The smallest absolute Gasteiger partial charge is 0.260 e. The molecule has 0 unspecified atom stereocenters. The zero-order valence-electron chi connectivity index (χ0n) is 18.5. The molecule has 0 radical (unpaired) electrons.